The minimum absolute atomic E-state index is 0.000398. The fraction of sp³-hybridized carbons (Fsp3) is 0.833. The molecule has 2 fully saturated rings. The molecule has 1 aromatic heterocycles. The molecule has 1 amide bonds. The van der Waals surface area contributed by atoms with Gasteiger partial charge in [-0.15, -0.1) is 0 Å². The van der Waals surface area contributed by atoms with E-state index in [0.717, 1.165) is 50.7 Å². The molecule has 0 saturated carbocycles. The van der Waals surface area contributed by atoms with Crippen LogP contribution in [0.3, 0.4) is 0 Å². The zero-order chi connectivity index (χ0) is 17.1. The van der Waals surface area contributed by atoms with E-state index in [2.05, 4.69) is 26.8 Å². The van der Waals surface area contributed by atoms with Gasteiger partial charge in [0.15, 0.2) is 0 Å². The molecule has 2 aliphatic heterocycles. The number of rotatable bonds is 3. The van der Waals surface area contributed by atoms with Gasteiger partial charge in [-0.3, -0.25) is 9.69 Å². The fourth-order valence-electron chi connectivity index (χ4n) is 4.14. The van der Waals surface area contributed by atoms with E-state index < -0.39 is 0 Å². The van der Waals surface area contributed by atoms with Crippen LogP contribution in [0.4, 0.5) is 0 Å². The minimum atomic E-state index is 0.000398. The summed E-state index contributed by atoms with van der Waals surface area (Å²) >= 11 is 0. The molecule has 3 heterocycles. The first-order valence-corrected chi connectivity index (χ1v) is 9.49. The first kappa shape index (κ1) is 17.4. The second kappa shape index (κ2) is 7.64. The Bertz CT molecular complexity index is 562. The molecule has 2 aliphatic rings. The van der Waals surface area contributed by atoms with E-state index in [-0.39, 0.29) is 18.0 Å². The summed E-state index contributed by atoms with van der Waals surface area (Å²) in [6.45, 7) is 9.78. The van der Waals surface area contributed by atoms with Crippen molar-refractivity contribution in [2.45, 2.75) is 71.4 Å². The van der Waals surface area contributed by atoms with E-state index in [4.69, 9.17) is 0 Å². The molecule has 0 aromatic carbocycles. The summed E-state index contributed by atoms with van der Waals surface area (Å²) in [7, 11) is 0. The molecule has 0 radical (unpaired) electrons. The highest BCUT2D eigenvalue weighted by molar-refractivity contribution is 5.81. The van der Waals surface area contributed by atoms with Crippen LogP contribution >= 0.6 is 0 Å². The van der Waals surface area contributed by atoms with Crippen molar-refractivity contribution in [2.24, 2.45) is 0 Å². The lowest BCUT2D eigenvalue weighted by molar-refractivity contribution is -0.138. The first-order valence-electron chi connectivity index (χ1n) is 9.49. The van der Waals surface area contributed by atoms with Gasteiger partial charge in [0.1, 0.15) is 11.6 Å². The predicted molar refractivity (Wildman–Crippen MR) is 93.9 cm³/mol. The van der Waals surface area contributed by atoms with Gasteiger partial charge in [-0.05, 0) is 59.5 Å². The number of piperidine rings is 1. The number of hydrogen-bond acceptors (Lipinski definition) is 4. The molecule has 2 atom stereocenters. The van der Waals surface area contributed by atoms with Crippen LogP contribution in [-0.2, 0) is 4.79 Å². The summed E-state index contributed by atoms with van der Waals surface area (Å²) in [5.74, 6) is 2.05. The molecule has 2 unspecified atom stereocenters. The van der Waals surface area contributed by atoms with E-state index in [0.29, 0.717) is 0 Å². The number of aryl methyl sites for hydroxylation is 2. The van der Waals surface area contributed by atoms with Gasteiger partial charge < -0.3 is 4.90 Å². The average molecular weight is 333 g/mol. The van der Waals surface area contributed by atoms with Crippen molar-refractivity contribution >= 4 is 5.91 Å². The average Bonchev–Trinajstić information content (AvgIpc) is 2.80. The summed E-state index contributed by atoms with van der Waals surface area (Å²) < 4.78 is 2.02. The van der Waals surface area contributed by atoms with Crippen molar-refractivity contribution in [3.8, 4) is 0 Å². The number of aromatic nitrogens is 3. The van der Waals surface area contributed by atoms with E-state index >= 15 is 0 Å². The molecule has 1 aromatic rings. The van der Waals surface area contributed by atoms with Crippen molar-refractivity contribution in [1.29, 1.82) is 0 Å². The van der Waals surface area contributed by atoms with Gasteiger partial charge in [0, 0.05) is 13.1 Å². The Morgan fingerprint density at radius 3 is 2.42 bits per heavy atom. The van der Waals surface area contributed by atoms with Gasteiger partial charge in [0.2, 0.25) is 5.91 Å². The topological polar surface area (TPSA) is 54.3 Å². The molecule has 0 N–H and O–H groups in total. The fourth-order valence-corrected chi connectivity index (χ4v) is 4.14. The maximum atomic E-state index is 13.0. The zero-order valence-corrected chi connectivity index (χ0v) is 15.4. The van der Waals surface area contributed by atoms with E-state index in [9.17, 15) is 4.79 Å². The molecule has 0 aliphatic carbocycles. The Hall–Kier alpha value is -1.43. The standard InChI is InChI=1S/C18H31N5O/c1-14(21-10-6-4-5-7-11-21)18(24)22-12-8-9-17(13-22)23-16(3)19-15(2)20-23/h14,17H,4-13H2,1-3H3. The number of carbonyl (C=O) groups is 1. The van der Waals surface area contributed by atoms with Crippen molar-refractivity contribution in [2.75, 3.05) is 26.2 Å². The van der Waals surface area contributed by atoms with Gasteiger partial charge in [-0.1, -0.05) is 12.8 Å². The largest absolute Gasteiger partial charge is 0.339 e. The van der Waals surface area contributed by atoms with Crippen molar-refractivity contribution < 1.29 is 4.79 Å². The molecule has 24 heavy (non-hydrogen) atoms. The highest BCUT2D eigenvalue weighted by atomic mass is 16.2. The van der Waals surface area contributed by atoms with Gasteiger partial charge in [0.25, 0.3) is 0 Å². The Kier molecular flexibility index (Phi) is 5.54. The van der Waals surface area contributed by atoms with Crippen LogP contribution < -0.4 is 0 Å². The second-order valence-electron chi connectivity index (χ2n) is 7.36. The summed E-state index contributed by atoms with van der Waals surface area (Å²) in [6.07, 6.45) is 7.16. The van der Waals surface area contributed by atoms with Crippen molar-refractivity contribution in [3.05, 3.63) is 11.6 Å². The van der Waals surface area contributed by atoms with Gasteiger partial charge in [0.05, 0.1) is 12.1 Å². The van der Waals surface area contributed by atoms with E-state index in [1.54, 1.807) is 0 Å². The van der Waals surface area contributed by atoms with Gasteiger partial charge in [-0.25, -0.2) is 9.67 Å². The highest BCUT2D eigenvalue weighted by Crippen LogP contribution is 2.23. The van der Waals surface area contributed by atoms with Crippen molar-refractivity contribution in [1.82, 2.24) is 24.6 Å². The van der Waals surface area contributed by atoms with E-state index in [1.165, 1.54) is 25.7 Å². The minimum Gasteiger partial charge on any atom is -0.339 e. The predicted octanol–water partition coefficient (Wildman–Crippen LogP) is 2.32. The van der Waals surface area contributed by atoms with Gasteiger partial charge in [-0.2, -0.15) is 5.10 Å². The lowest BCUT2D eigenvalue weighted by Crippen LogP contribution is -2.50. The van der Waals surface area contributed by atoms with Crippen LogP contribution in [-0.4, -0.2) is 62.7 Å². The number of hydrogen-bond donors (Lipinski definition) is 0. The maximum Gasteiger partial charge on any atom is 0.239 e. The third-order valence-corrected chi connectivity index (χ3v) is 5.51. The first-order chi connectivity index (χ1) is 11.6. The normalized spacial score (nSPS) is 24.6. The Morgan fingerprint density at radius 1 is 1.08 bits per heavy atom. The van der Waals surface area contributed by atoms with Crippen LogP contribution in [0.25, 0.3) is 0 Å². The molecular weight excluding hydrogens is 302 g/mol. The Labute approximate surface area is 145 Å². The van der Waals surface area contributed by atoms with Crippen LogP contribution in [0.15, 0.2) is 0 Å². The van der Waals surface area contributed by atoms with Gasteiger partial charge >= 0.3 is 0 Å². The lowest BCUT2D eigenvalue weighted by Gasteiger charge is -2.37. The summed E-state index contributed by atoms with van der Waals surface area (Å²) in [6, 6.07) is 0.265. The Morgan fingerprint density at radius 2 is 1.79 bits per heavy atom. The van der Waals surface area contributed by atoms with Crippen LogP contribution in [0.2, 0.25) is 0 Å². The highest BCUT2D eigenvalue weighted by Gasteiger charge is 2.31. The SMILES string of the molecule is Cc1nc(C)n(C2CCCN(C(=O)C(C)N3CCCCCC3)C2)n1. The molecular formula is C18H31N5O. The maximum absolute atomic E-state index is 13.0. The van der Waals surface area contributed by atoms with Crippen LogP contribution in [0.1, 0.15) is 63.1 Å². The number of amides is 1. The summed E-state index contributed by atoms with van der Waals surface area (Å²) in [5, 5.41) is 4.53. The quantitative estimate of drug-likeness (QED) is 0.852. The molecule has 2 saturated heterocycles. The molecule has 0 spiro atoms. The van der Waals surface area contributed by atoms with Crippen LogP contribution in [0, 0.1) is 13.8 Å². The summed E-state index contributed by atoms with van der Waals surface area (Å²) in [5.41, 5.74) is 0. The Balaban J connectivity index is 1.65. The number of carbonyl (C=O) groups excluding carboxylic acids is 1. The monoisotopic (exact) mass is 333 g/mol. The van der Waals surface area contributed by atoms with Crippen molar-refractivity contribution in [3.63, 3.8) is 0 Å². The second-order valence-corrected chi connectivity index (χ2v) is 7.36. The smallest absolute Gasteiger partial charge is 0.239 e. The molecule has 0 bridgehead atoms. The van der Waals surface area contributed by atoms with E-state index in [1.807, 2.05) is 18.5 Å². The number of nitrogens with zero attached hydrogens (tertiary/aromatic N) is 5. The summed E-state index contributed by atoms with van der Waals surface area (Å²) in [4.78, 5) is 21.9. The lowest BCUT2D eigenvalue weighted by atomic mass is 10.0. The zero-order valence-electron chi connectivity index (χ0n) is 15.4. The van der Waals surface area contributed by atoms with Crippen LogP contribution in [0.5, 0.6) is 0 Å². The molecule has 134 valence electrons. The third-order valence-electron chi connectivity index (χ3n) is 5.51. The molecule has 3 rings (SSSR count). The third kappa shape index (κ3) is 3.79. The number of likely N-dealkylation sites (tertiary alicyclic amines) is 2. The molecule has 6 heteroatoms. The molecule has 6 nitrogen and oxygen atoms in total.